The van der Waals surface area contributed by atoms with Crippen LogP contribution in [0.25, 0.3) is 5.65 Å². The Morgan fingerprint density at radius 3 is 2.71 bits per heavy atom. The molecule has 3 rings (SSSR count). The van der Waals surface area contributed by atoms with Crippen LogP contribution in [0.4, 0.5) is 19.0 Å². The molecule has 1 amide bonds. The fourth-order valence-corrected chi connectivity index (χ4v) is 2.83. The Balaban J connectivity index is 1.62. The number of halogens is 3. The first kappa shape index (κ1) is 16.7. The van der Waals surface area contributed by atoms with Gasteiger partial charge in [-0.15, -0.1) is 0 Å². The van der Waals surface area contributed by atoms with E-state index in [1.807, 2.05) is 0 Å². The van der Waals surface area contributed by atoms with Gasteiger partial charge in [0, 0.05) is 17.7 Å². The van der Waals surface area contributed by atoms with Gasteiger partial charge in [0.05, 0.1) is 12.7 Å². The zero-order chi connectivity index (χ0) is 17.4. The number of hydrogen-bond donors (Lipinski definition) is 1. The summed E-state index contributed by atoms with van der Waals surface area (Å²) in [5.41, 5.74) is -0.0891. The highest BCUT2D eigenvalue weighted by Gasteiger charge is 2.40. The highest BCUT2D eigenvalue weighted by atomic mass is 19.4. The van der Waals surface area contributed by atoms with Crippen molar-refractivity contribution in [1.82, 2.24) is 19.5 Å². The number of carbonyl (C=O) groups is 1. The van der Waals surface area contributed by atoms with Crippen molar-refractivity contribution >= 4 is 17.4 Å². The zero-order valence-corrected chi connectivity index (χ0v) is 13.2. The summed E-state index contributed by atoms with van der Waals surface area (Å²) in [6.45, 7) is 1.35. The Morgan fingerprint density at radius 2 is 2.04 bits per heavy atom. The van der Waals surface area contributed by atoms with Gasteiger partial charge >= 0.3 is 6.18 Å². The average molecular weight is 341 g/mol. The molecule has 0 saturated carbocycles. The molecule has 1 N–H and O–H groups in total. The number of amides is 1. The van der Waals surface area contributed by atoms with E-state index < -0.39 is 18.1 Å². The minimum atomic E-state index is -4.21. The lowest BCUT2D eigenvalue weighted by Crippen LogP contribution is -2.47. The molecule has 1 fully saturated rings. The van der Waals surface area contributed by atoms with Gasteiger partial charge in [-0.1, -0.05) is 6.92 Å². The van der Waals surface area contributed by atoms with E-state index >= 15 is 0 Å². The second-order valence-electron chi connectivity index (χ2n) is 6.35. The van der Waals surface area contributed by atoms with E-state index in [4.69, 9.17) is 0 Å². The first-order chi connectivity index (χ1) is 11.3. The van der Waals surface area contributed by atoms with Crippen LogP contribution in [0.15, 0.2) is 24.5 Å². The topological polar surface area (TPSA) is 62.5 Å². The van der Waals surface area contributed by atoms with Crippen LogP contribution in [-0.2, 0) is 4.79 Å². The summed E-state index contributed by atoms with van der Waals surface area (Å²) in [5, 5.41) is 6.79. The standard InChI is InChI=1S/C15H18F3N5O/c1-14(4-8-22(9-5-14)10-15(16,17)18)13(24)21-11-3-7-23-12(20-11)2-6-19-23/h2-3,6-7H,4-5,8-10H2,1H3,(H,20,21,24). The van der Waals surface area contributed by atoms with Gasteiger partial charge in [-0.05, 0) is 32.0 Å². The third kappa shape index (κ3) is 3.66. The summed E-state index contributed by atoms with van der Waals surface area (Å²) in [5.74, 6) is 0.192. The molecule has 0 unspecified atom stereocenters. The predicted octanol–water partition coefficient (Wildman–Crippen LogP) is 2.33. The molecule has 0 radical (unpaired) electrons. The maximum Gasteiger partial charge on any atom is 0.401 e. The second-order valence-corrected chi connectivity index (χ2v) is 6.35. The van der Waals surface area contributed by atoms with E-state index in [2.05, 4.69) is 15.4 Å². The molecule has 130 valence electrons. The number of fused-ring (bicyclic) bond motifs is 1. The maximum atomic E-state index is 12.5. The number of likely N-dealkylation sites (tertiary alicyclic amines) is 1. The smallest absolute Gasteiger partial charge is 0.310 e. The van der Waals surface area contributed by atoms with Crippen LogP contribution in [-0.4, -0.2) is 51.2 Å². The van der Waals surface area contributed by atoms with Crippen molar-refractivity contribution in [3.63, 3.8) is 0 Å². The fourth-order valence-electron chi connectivity index (χ4n) is 2.83. The molecule has 0 atom stereocenters. The molecule has 1 aliphatic heterocycles. The van der Waals surface area contributed by atoms with Crippen molar-refractivity contribution in [1.29, 1.82) is 0 Å². The molecule has 0 aliphatic carbocycles. The molecule has 3 heterocycles. The lowest BCUT2D eigenvalue weighted by atomic mass is 9.79. The van der Waals surface area contributed by atoms with Crippen LogP contribution >= 0.6 is 0 Å². The monoisotopic (exact) mass is 341 g/mol. The lowest BCUT2D eigenvalue weighted by Gasteiger charge is -2.38. The minimum absolute atomic E-state index is 0.217. The van der Waals surface area contributed by atoms with Crippen LogP contribution in [0.1, 0.15) is 19.8 Å². The Morgan fingerprint density at radius 1 is 1.33 bits per heavy atom. The van der Waals surface area contributed by atoms with Crippen molar-refractivity contribution in [3.05, 3.63) is 24.5 Å². The maximum absolute atomic E-state index is 12.5. The largest absolute Gasteiger partial charge is 0.401 e. The van der Waals surface area contributed by atoms with Gasteiger partial charge in [0.25, 0.3) is 0 Å². The van der Waals surface area contributed by atoms with E-state index in [0.717, 1.165) is 0 Å². The molecule has 2 aromatic rings. The van der Waals surface area contributed by atoms with Gasteiger partial charge in [0.1, 0.15) is 5.82 Å². The Hall–Kier alpha value is -2.16. The molecule has 0 aromatic carbocycles. The molecule has 0 spiro atoms. The van der Waals surface area contributed by atoms with Gasteiger partial charge in [-0.25, -0.2) is 9.50 Å². The van der Waals surface area contributed by atoms with Crippen LogP contribution in [0, 0.1) is 5.41 Å². The summed E-state index contributed by atoms with van der Waals surface area (Å²) in [4.78, 5) is 18.2. The molecular formula is C15H18F3N5O. The first-order valence-corrected chi connectivity index (χ1v) is 7.66. The third-order valence-electron chi connectivity index (χ3n) is 4.41. The Kier molecular flexibility index (Phi) is 4.20. The molecule has 0 bridgehead atoms. The quantitative estimate of drug-likeness (QED) is 0.931. The van der Waals surface area contributed by atoms with Crippen LogP contribution in [0.3, 0.4) is 0 Å². The summed E-state index contributed by atoms with van der Waals surface area (Å²) < 4.78 is 38.9. The van der Waals surface area contributed by atoms with E-state index in [1.165, 1.54) is 4.90 Å². The van der Waals surface area contributed by atoms with Crippen molar-refractivity contribution in [2.75, 3.05) is 25.0 Å². The Labute approximate surface area is 136 Å². The second kappa shape index (κ2) is 6.04. The van der Waals surface area contributed by atoms with Crippen molar-refractivity contribution < 1.29 is 18.0 Å². The van der Waals surface area contributed by atoms with Crippen molar-refractivity contribution in [2.24, 2.45) is 5.41 Å². The molecule has 24 heavy (non-hydrogen) atoms. The van der Waals surface area contributed by atoms with E-state index in [-0.39, 0.29) is 19.0 Å². The summed E-state index contributed by atoms with van der Waals surface area (Å²) in [7, 11) is 0. The number of piperidine rings is 1. The van der Waals surface area contributed by atoms with Crippen LogP contribution < -0.4 is 5.32 Å². The number of nitrogens with one attached hydrogen (secondary N) is 1. The lowest BCUT2D eigenvalue weighted by molar-refractivity contribution is -0.151. The minimum Gasteiger partial charge on any atom is -0.310 e. The van der Waals surface area contributed by atoms with Gasteiger partial charge in [-0.3, -0.25) is 9.69 Å². The molecule has 6 nitrogen and oxygen atoms in total. The molecule has 2 aromatic heterocycles. The predicted molar refractivity (Wildman–Crippen MR) is 81.5 cm³/mol. The fraction of sp³-hybridized carbons (Fsp3) is 0.533. The number of anilines is 1. The summed E-state index contributed by atoms with van der Waals surface area (Å²) in [6.07, 6.45) is -0.161. The van der Waals surface area contributed by atoms with Crippen molar-refractivity contribution in [2.45, 2.75) is 25.9 Å². The number of rotatable bonds is 3. The highest BCUT2D eigenvalue weighted by Crippen LogP contribution is 2.33. The molecule has 9 heteroatoms. The first-order valence-electron chi connectivity index (χ1n) is 7.66. The Bertz CT molecular complexity index is 734. The highest BCUT2D eigenvalue weighted by molar-refractivity contribution is 5.94. The number of nitrogens with zero attached hydrogens (tertiary/aromatic N) is 4. The molecule has 1 aliphatic rings. The number of hydrogen-bond acceptors (Lipinski definition) is 4. The number of alkyl halides is 3. The van der Waals surface area contributed by atoms with Gasteiger partial charge < -0.3 is 5.32 Å². The SMILES string of the molecule is CC1(C(=O)Nc2ccn3nccc3n2)CCN(CC(F)(F)F)CC1. The molecular weight excluding hydrogens is 323 g/mol. The normalized spacial score (nSPS) is 18.7. The van der Waals surface area contributed by atoms with E-state index in [9.17, 15) is 18.0 Å². The van der Waals surface area contributed by atoms with Crippen LogP contribution in [0.2, 0.25) is 0 Å². The summed E-state index contributed by atoms with van der Waals surface area (Å²) in [6, 6.07) is 3.35. The van der Waals surface area contributed by atoms with Gasteiger partial charge in [0.15, 0.2) is 5.65 Å². The van der Waals surface area contributed by atoms with E-state index in [0.29, 0.717) is 24.3 Å². The number of carbonyl (C=O) groups excluding carboxylic acids is 1. The van der Waals surface area contributed by atoms with Gasteiger partial charge in [-0.2, -0.15) is 18.3 Å². The molecule has 1 saturated heterocycles. The number of aromatic nitrogens is 3. The average Bonchev–Trinajstić information content (AvgIpc) is 2.96. The van der Waals surface area contributed by atoms with E-state index in [1.54, 1.807) is 36.0 Å². The summed E-state index contributed by atoms with van der Waals surface area (Å²) >= 11 is 0. The van der Waals surface area contributed by atoms with Gasteiger partial charge in [0.2, 0.25) is 5.91 Å². The van der Waals surface area contributed by atoms with Crippen molar-refractivity contribution in [3.8, 4) is 0 Å². The van der Waals surface area contributed by atoms with Crippen LogP contribution in [0.5, 0.6) is 0 Å². The third-order valence-corrected chi connectivity index (χ3v) is 4.41. The zero-order valence-electron chi connectivity index (χ0n) is 13.2.